The van der Waals surface area contributed by atoms with Crippen molar-refractivity contribution in [3.8, 4) is 0 Å². The third-order valence-corrected chi connectivity index (χ3v) is 3.40. The van der Waals surface area contributed by atoms with E-state index in [1.807, 2.05) is 18.3 Å². The van der Waals surface area contributed by atoms with Crippen molar-refractivity contribution in [1.82, 2.24) is 4.98 Å². The van der Waals surface area contributed by atoms with Gasteiger partial charge in [-0.1, -0.05) is 25.1 Å². The molecule has 0 aliphatic heterocycles. The monoisotopic (exact) mass is 213 g/mol. The maximum atomic E-state index is 12.1. The van der Waals surface area contributed by atoms with Gasteiger partial charge in [-0.15, -0.1) is 0 Å². The van der Waals surface area contributed by atoms with Crippen LogP contribution in [0, 0.1) is 5.92 Å². The van der Waals surface area contributed by atoms with Crippen molar-refractivity contribution in [1.29, 1.82) is 0 Å². The van der Waals surface area contributed by atoms with E-state index in [9.17, 15) is 4.79 Å². The van der Waals surface area contributed by atoms with Crippen LogP contribution in [-0.4, -0.2) is 10.8 Å². The number of fused-ring (bicyclic) bond motifs is 1. The van der Waals surface area contributed by atoms with Gasteiger partial charge in [0.25, 0.3) is 0 Å². The van der Waals surface area contributed by atoms with E-state index in [-0.39, 0.29) is 0 Å². The lowest BCUT2D eigenvalue weighted by Crippen LogP contribution is -1.99. The van der Waals surface area contributed by atoms with Crippen molar-refractivity contribution in [2.45, 2.75) is 26.2 Å². The molecule has 16 heavy (non-hydrogen) atoms. The molecule has 2 aromatic rings. The fraction of sp³-hybridized carbons (Fsp3) is 0.357. The Bertz CT molecular complexity index is 549. The average Bonchev–Trinajstić information content (AvgIpc) is 3.07. The number of aromatic nitrogens is 1. The van der Waals surface area contributed by atoms with Gasteiger partial charge in [0.2, 0.25) is 0 Å². The first kappa shape index (κ1) is 9.64. The highest BCUT2D eigenvalue weighted by atomic mass is 16.1. The lowest BCUT2D eigenvalue weighted by Gasteiger charge is -2.00. The third-order valence-electron chi connectivity index (χ3n) is 3.40. The lowest BCUT2D eigenvalue weighted by molar-refractivity contribution is 0.0969. The van der Waals surface area contributed by atoms with Crippen LogP contribution in [0.1, 0.15) is 35.7 Å². The Morgan fingerprint density at radius 2 is 2.25 bits per heavy atom. The second kappa shape index (κ2) is 3.48. The minimum absolute atomic E-state index is 0.296. The van der Waals surface area contributed by atoms with Gasteiger partial charge in [-0.05, 0) is 24.8 Å². The summed E-state index contributed by atoms with van der Waals surface area (Å²) in [4.78, 5) is 15.3. The molecule has 1 aromatic carbocycles. The number of hydrogen-bond donors (Lipinski definition) is 1. The predicted octanol–water partition coefficient (Wildman–Crippen LogP) is 3.32. The molecule has 1 aromatic heterocycles. The summed E-state index contributed by atoms with van der Waals surface area (Å²) in [6.07, 6.45) is 5.01. The number of hydrogen-bond acceptors (Lipinski definition) is 1. The minimum atomic E-state index is 0.296. The third kappa shape index (κ3) is 1.37. The molecule has 0 atom stereocenters. The summed E-state index contributed by atoms with van der Waals surface area (Å²) in [6.45, 7) is 2.14. The fourth-order valence-electron chi connectivity index (χ4n) is 2.28. The van der Waals surface area contributed by atoms with Crippen molar-refractivity contribution in [3.05, 3.63) is 35.5 Å². The molecule has 2 nitrogen and oxygen atoms in total. The molecular formula is C14H15NO. The van der Waals surface area contributed by atoms with Crippen LogP contribution < -0.4 is 0 Å². The predicted molar refractivity (Wildman–Crippen MR) is 64.7 cm³/mol. The van der Waals surface area contributed by atoms with Crippen LogP contribution in [0.5, 0.6) is 0 Å². The average molecular weight is 213 g/mol. The molecule has 1 saturated carbocycles. The Kier molecular flexibility index (Phi) is 2.10. The number of Topliss-reactive ketones (excluding diaryl/α,β-unsaturated/α-hetero) is 1. The second-order valence-electron chi connectivity index (χ2n) is 4.53. The SMILES string of the molecule is CCc1cccc2c(C(=O)C3CC3)c[nH]c12. The number of para-hydroxylation sites is 1. The molecule has 0 radical (unpaired) electrons. The Balaban J connectivity index is 2.16. The van der Waals surface area contributed by atoms with Crippen molar-refractivity contribution in [3.63, 3.8) is 0 Å². The highest BCUT2D eigenvalue weighted by Crippen LogP contribution is 2.35. The van der Waals surface area contributed by atoms with Crippen molar-refractivity contribution in [2.75, 3.05) is 0 Å². The Hall–Kier alpha value is -1.57. The van der Waals surface area contributed by atoms with Gasteiger partial charge in [0.05, 0.1) is 0 Å². The van der Waals surface area contributed by atoms with Crippen LogP contribution in [0.3, 0.4) is 0 Å². The zero-order valence-corrected chi connectivity index (χ0v) is 9.42. The van der Waals surface area contributed by atoms with Crippen LogP contribution >= 0.6 is 0 Å². The topological polar surface area (TPSA) is 32.9 Å². The minimum Gasteiger partial charge on any atom is -0.360 e. The molecule has 1 N–H and O–H groups in total. The van der Waals surface area contributed by atoms with E-state index in [0.29, 0.717) is 11.7 Å². The van der Waals surface area contributed by atoms with E-state index in [1.54, 1.807) is 0 Å². The molecule has 1 aliphatic carbocycles. The zero-order valence-electron chi connectivity index (χ0n) is 9.42. The molecule has 0 amide bonds. The van der Waals surface area contributed by atoms with Crippen LogP contribution in [0.25, 0.3) is 10.9 Å². The molecule has 0 saturated heterocycles. The van der Waals surface area contributed by atoms with Crippen LogP contribution in [0.4, 0.5) is 0 Å². The summed E-state index contributed by atoms with van der Waals surface area (Å²) in [5.74, 6) is 0.615. The highest BCUT2D eigenvalue weighted by Gasteiger charge is 2.31. The number of aromatic amines is 1. The summed E-state index contributed by atoms with van der Waals surface area (Å²) in [5.41, 5.74) is 3.30. The zero-order chi connectivity index (χ0) is 11.1. The number of rotatable bonds is 3. The largest absolute Gasteiger partial charge is 0.360 e. The smallest absolute Gasteiger partial charge is 0.168 e. The number of benzene rings is 1. The Morgan fingerprint density at radius 1 is 1.44 bits per heavy atom. The number of carbonyl (C=O) groups is 1. The maximum Gasteiger partial charge on any atom is 0.168 e. The number of nitrogens with one attached hydrogen (secondary N) is 1. The lowest BCUT2D eigenvalue weighted by atomic mass is 10.0. The van der Waals surface area contributed by atoms with Gasteiger partial charge in [0, 0.05) is 28.6 Å². The normalized spacial score (nSPS) is 15.6. The summed E-state index contributed by atoms with van der Waals surface area (Å²) in [7, 11) is 0. The van der Waals surface area contributed by atoms with E-state index < -0.39 is 0 Å². The van der Waals surface area contributed by atoms with Crippen LogP contribution in [-0.2, 0) is 6.42 Å². The van der Waals surface area contributed by atoms with Gasteiger partial charge in [0.15, 0.2) is 5.78 Å². The molecule has 0 bridgehead atoms. The molecule has 2 heteroatoms. The van der Waals surface area contributed by atoms with E-state index in [2.05, 4.69) is 18.0 Å². The van der Waals surface area contributed by atoms with Crippen molar-refractivity contribution < 1.29 is 4.79 Å². The van der Waals surface area contributed by atoms with Gasteiger partial charge in [-0.2, -0.15) is 0 Å². The van der Waals surface area contributed by atoms with Crippen LogP contribution in [0.15, 0.2) is 24.4 Å². The Labute approximate surface area is 94.7 Å². The Morgan fingerprint density at radius 3 is 2.94 bits per heavy atom. The quantitative estimate of drug-likeness (QED) is 0.779. The molecule has 1 fully saturated rings. The van der Waals surface area contributed by atoms with E-state index in [1.165, 1.54) is 5.56 Å². The highest BCUT2D eigenvalue weighted by molar-refractivity contribution is 6.10. The van der Waals surface area contributed by atoms with Crippen LogP contribution in [0.2, 0.25) is 0 Å². The first-order valence-electron chi connectivity index (χ1n) is 5.94. The molecule has 82 valence electrons. The molecular weight excluding hydrogens is 198 g/mol. The van der Waals surface area contributed by atoms with Gasteiger partial charge in [0.1, 0.15) is 0 Å². The first-order chi connectivity index (χ1) is 7.81. The summed E-state index contributed by atoms with van der Waals surface area (Å²) in [6, 6.07) is 6.20. The van der Waals surface area contributed by atoms with E-state index in [4.69, 9.17) is 0 Å². The van der Waals surface area contributed by atoms with Gasteiger partial charge >= 0.3 is 0 Å². The molecule has 0 unspecified atom stereocenters. The van der Waals surface area contributed by atoms with Gasteiger partial charge in [-0.3, -0.25) is 4.79 Å². The van der Waals surface area contributed by atoms with Crippen molar-refractivity contribution >= 4 is 16.7 Å². The van der Waals surface area contributed by atoms with E-state index in [0.717, 1.165) is 35.7 Å². The first-order valence-corrected chi connectivity index (χ1v) is 5.94. The molecule has 3 rings (SSSR count). The van der Waals surface area contributed by atoms with Crippen molar-refractivity contribution in [2.24, 2.45) is 5.92 Å². The van der Waals surface area contributed by atoms with Gasteiger partial charge in [-0.25, -0.2) is 0 Å². The molecule has 0 spiro atoms. The fourth-order valence-corrected chi connectivity index (χ4v) is 2.28. The summed E-state index contributed by atoms with van der Waals surface area (Å²) in [5, 5.41) is 1.09. The number of carbonyl (C=O) groups excluding carboxylic acids is 1. The standard InChI is InChI=1S/C14H15NO/c1-2-9-4-3-5-11-12(8-15-13(9)11)14(16)10-6-7-10/h3-5,8,10,15H,2,6-7H2,1H3. The maximum absolute atomic E-state index is 12.1. The number of H-pyrrole nitrogens is 1. The number of ketones is 1. The second-order valence-corrected chi connectivity index (χ2v) is 4.53. The van der Waals surface area contributed by atoms with E-state index >= 15 is 0 Å². The summed E-state index contributed by atoms with van der Waals surface area (Å²) >= 11 is 0. The number of aryl methyl sites for hydroxylation is 1. The van der Waals surface area contributed by atoms with Gasteiger partial charge < -0.3 is 4.98 Å². The summed E-state index contributed by atoms with van der Waals surface area (Å²) < 4.78 is 0. The molecule has 1 heterocycles. The molecule has 1 aliphatic rings.